The Morgan fingerprint density at radius 3 is 2.54 bits per heavy atom. The van der Waals surface area contributed by atoms with Gasteiger partial charge in [0.2, 0.25) is 0 Å². The Labute approximate surface area is 167 Å². The number of non-ortho nitro benzene ring substituents is 1. The molecule has 2 aromatic carbocycles. The van der Waals surface area contributed by atoms with E-state index < -0.39 is 21.2 Å². The first-order chi connectivity index (χ1) is 13.4. The van der Waals surface area contributed by atoms with Crippen molar-refractivity contribution in [2.45, 2.75) is 0 Å². The molecule has 0 radical (unpaired) electrons. The summed E-state index contributed by atoms with van der Waals surface area (Å²) in [4.78, 5) is 20.4. The van der Waals surface area contributed by atoms with Crippen LogP contribution in [0.1, 0.15) is 5.76 Å². The van der Waals surface area contributed by atoms with E-state index in [9.17, 15) is 20.2 Å². The third kappa shape index (κ3) is 4.11. The minimum absolute atomic E-state index is 0.00323. The van der Waals surface area contributed by atoms with Gasteiger partial charge in [0.25, 0.3) is 5.69 Å². The van der Waals surface area contributed by atoms with E-state index in [1.54, 1.807) is 30.3 Å². The van der Waals surface area contributed by atoms with Crippen LogP contribution in [-0.2, 0) is 0 Å². The van der Waals surface area contributed by atoms with Crippen LogP contribution < -0.4 is 5.43 Å². The first kappa shape index (κ1) is 19.3. The average molecular weight is 421 g/mol. The van der Waals surface area contributed by atoms with Gasteiger partial charge in [-0.2, -0.15) is 5.10 Å². The number of hydrogen-bond donors (Lipinski definition) is 1. The highest BCUT2D eigenvalue weighted by molar-refractivity contribution is 6.43. The van der Waals surface area contributed by atoms with Crippen molar-refractivity contribution in [3.05, 3.63) is 84.6 Å². The van der Waals surface area contributed by atoms with Crippen LogP contribution in [0.25, 0.3) is 11.3 Å². The third-order valence-corrected chi connectivity index (χ3v) is 4.43. The second-order valence-corrected chi connectivity index (χ2v) is 6.17. The fourth-order valence-electron chi connectivity index (χ4n) is 2.31. The Kier molecular flexibility index (Phi) is 5.57. The molecule has 28 heavy (non-hydrogen) atoms. The smallest absolute Gasteiger partial charge is 0.301 e. The molecule has 0 fully saturated rings. The fraction of sp³-hybridized carbons (Fsp3) is 0. The number of furan rings is 1. The van der Waals surface area contributed by atoms with Crippen molar-refractivity contribution in [1.82, 2.24) is 0 Å². The van der Waals surface area contributed by atoms with E-state index in [1.165, 1.54) is 12.3 Å². The van der Waals surface area contributed by atoms with Crippen LogP contribution in [-0.4, -0.2) is 16.1 Å². The molecule has 0 saturated heterocycles. The normalized spacial score (nSPS) is 10.9. The number of hydrogen-bond acceptors (Lipinski definition) is 7. The lowest BCUT2D eigenvalue weighted by atomic mass is 10.2. The zero-order valence-electron chi connectivity index (χ0n) is 13.8. The van der Waals surface area contributed by atoms with E-state index in [2.05, 4.69) is 10.5 Å². The molecule has 1 aromatic heterocycles. The number of benzene rings is 2. The average Bonchev–Trinajstić information content (AvgIpc) is 3.12. The number of hydrazone groups is 1. The number of nitro groups is 2. The monoisotopic (exact) mass is 420 g/mol. The fourth-order valence-corrected chi connectivity index (χ4v) is 2.70. The minimum atomic E-state index is -0.739. The minimum Gasteiger partial charge on any atom is -0.455 e. The Bertz CT molecular complexity index is 1100. The molecule has 0 saturated carbocycles. The molecule has 0 atom stereocenters. The summed E-state index contributed by atoms with van der Waals surface area (Å²) < 4.78 is 5.62. The number of nitrogens with zero attached hydrogens (tertiary/aromatic N) is 3. The molecular weight excluding hydrogens is 411 g/mol. The zero-order valence-corrected chi connectivity index (χ0v) is 15.3. The van der Waals surface area contributed by atoms with Gasteiger partial charge >= 0.3 is 5.69 Å². The number of nitrogens with one attached hydrogen (secondary N) is 1. The highest BCUT2D eigenvalue weighted by Gasteiger charge is 2.19. The molecule has 0 aliphatic carbocycles. The molecule has 3 rings (SSSR count). The predicted molar refractivity (Wildman–Crippen MR) is 105 cm³/mol. The van der Waals surface area contributed by atoms with Gasteiger partial charge in [-0.3, -0.25) is 25.7 Å². The maximum absolute atomic E-state index is 11.1. The number of rotatable bonds is 6. The molecule has 142 valence electrons. The molecule has 0 spiro atoms. The predicted octanol–water partition coefficient (Wildman–Crippen LogP) is 5.52. The Balaban J connectivity index is 1.79. The molecule has 1 N–H and O–H groups in total. The van der Waals surface area contributed by atoms with Gasteiger partial charge < -0.3 is 4.42 Å². The molecule has 0 bridgehead atoms. The quantitative estimate of drug-likeness (QED) is 0.318. The molecule has 1 heterocycles. The lowest BCUT2D eigenvalue weighted by molar-refractivity contribution is -0.393. The van der Waals surface area contributed by atoms with Crippen LogP contribution in [0.5, 0.6) is 0 Å². The van der Waals surface area contributed by atoms with Gasteiger partial charge in [0.15, 0.2) is 0 Å². The summed E-state index contributed by atoms with van der Waals surface area (Å²) in [6, 6.07) is 11.6. The number of nitro benzene ring substituents is 2. The summed E-state index contributed by atoms with van der Waals surface area (Å²) in [7, 11) is 0. The Morgan fingerprint density at radius 2 is 1.82 bits per heavy atom. The zero-order chi connectivity index (χ0) is 20.3. The van der Waals surface area contributed by atoms with Crippen molar-refractivity contribution in [1.29, 1.82) is 0 Å². The first-order valence-corrected chi connectivity index (χ1v) is 8.38. The van der Waals surface area contributed by atoms with Gasteiger partial charge in [0, 0.05) is 11.6 Å². The highest BCUT2D eigenvalue weighted by atomic mass is 35.5. The molecular formula is C17H10Cl2N4O5. The summed E-state index contributed by atoms with van der Waals surface area (Å²) in [6.45, 7) is 0. The topological polar surface area (TPSA) is 124 Å². The van der Waals surface area contributed by atoms with Crippen LogP contribution in [0.3, 0.4) is 0 Å². The maximum atomic E-state index is 11.1. The van der Waals surface area contributed by atoms with Gasteiger partial charge in [-0.25, -0.2) is 0 Å². The lowest BCUT2D eigenvalue weighted by Gasteiger charge is -2.02. The molecule has 0 unspecified atom stereocenters. The molecule has 3 aromatic rings. The van der Waals surface area contributed by atoms with E-state index in [4.69, 9.17) is 27.6 Å². The Hall–Kier alpha value is -3.43. The second kappa shape index (κ2) is 8.07. The maximum Gasteiger partial charge on any atom is 0.301 e. The van der Waals surface area contributed by atoms with Gasteiger partial charge in [0.1, 0.15) is 17.2 Å². The van der Waals surface area contributed by atoms with Crippen molar-refractivity contribution >= 4 is 46.5 Å². The largest absolute Gasteiger partial charge is 0.455 e. The van der Waals surface area contributed by atoms with Crippen LogP contribution in [0.15, 0.2) is 58.0 Å². The van der Waals surface area contributed by atoms with E-state index in [0.717, 1.165) is 12.1 Å². The van der Waals surface area contributed by atoms with Crippen LogP contribution in [0, 0.1) is 20.2 Å². The van der Waals surface area contributed by atoms with Gasteiger partial charge in [-0.05, 0) is 30.3 Å². The van der Waals surface area contributed by atoms with Crippen molar-refractivity contribution in [2.24, 2.45) is 5.10 Å². The SMILES string of the molecule is O=[N+]([O-])c1ccc(N/N=C\c2ccc(-c3cccc(Cl)c3Cl)o2)c([N+](=O)[O-])c1. The molecule has 0 amide bonds. The first-order valence-electron chi connectivity index (χ1n) is 7.63. The third-order valence-electron chi connectivity index (χ3n) is 3.61. The standard InChI is InChI=1S/C17H10Cl2N4O5/c18-13-3-1-2-12(17(13)19)16-7-5-11(28-16)9-20-21-14-6-4-10(22(24)25)8-15(14)23(26)27/h1-9,21H/b20-9-. The van der Waals surface area contributed by atoms with Crippen LogP contribution in [0.4, 0.5) is 17.1 Å². The van der Waals surface area contributed by atoms with E-state index in [1.807, 2.05) is 0 Å². The molecule has 9 nitrogen and oxygen atoms in total. The summed E-state index contributed by atoms with van der Waals surface area (Å²) >= 11 is 12.1. The van der Waals surface area contributed by atoms with Crippen molar-refractivity contribution in [3.8, 4) is 11.3 Å². The molecule has 11 heteroatoms. The Morgan fingerprint density at radius 1 is 1.04 bits per heavy atom. The van der Waals surface area contributed by atoms with Gasteiger partial charge in [-0.15, -0.1) is 0 Å². The van der Waals surface area contributed by atoms with Crippen LogP contribution in [0.2, 0.25) is 10.0 Å². The van der Waals surface area contributed by atoms with E-state index in [-0.39, 0.29) is 5.69 Å². The van der Waals surface area contributed by atoms with Gasteiger partial charge in [-0.1, -0.05) is 29.3 Å². The van der Waals surface area contributed by atoms with Crippen molar-refractivity contribution in [2.75, 3.05) is 5.43 Å². The number of halogens is 2. The highest BCUT2D eigenvalue weighted by Crippen LogP contribution is 2.34. The lowest BCUT2D eigenvalue weighted by Crippen LogP contribution is -1.98. The summed E-state index contributed by atoms with van der Waals surface area (Å²) in [5.41, 5.74) is 2.21. The molecule has 0 aliphatic heterocycles. The van der Waals surface area contributed by atoms with Crippen LogP contribution >= 0.6 is 23.2 Å². The van der Waals surface area contributed by atoms with Crippen molar-refractivity contribution < 1.29 is 14.3 Å². The molecule has 0 aliphatic rings. The number of anilines is 1. The summed E-state index contributed by atoms with van der Waals surface area (Å²) in [5.74, 6) is 0.818. The summed E-state index contributed by atoms with van der Waals surface area (Å²) in [5, 5.41) is 26.5. The summed E-state index contributed by atoms with van der Waals surface area (Å²) in [6.07, 6.45) is 1.30. The van der Waals surface area contributed by atoms with Crippen molar-refractivity contribution in [3.63, 3.8) is 0 Å². The van der Waals surface area contributed by atoms with E-state index in [0.29, 0.717) is 27.1 Å². The van der Waals surface area contributed by atoms with Gasteiger partial charge in [0.05, 0.1) is 32.2 Å². The van der Waals surface area contributed by atoms with E-state index >= 15 is 0 Å². The second-order valence-electron chi connectivity index (χ2n) is 5.39.